The van der Waals surface area contributed by atoms with Crippen molar-refractivity contribution in [1.82, 2.24) is 0 Å². The monoisotopic (exact) mass is 308 g/mol. The summed E-state index contributed by atoms with van der Waals surface area (Å²) in [6.45, 7) is 0. The van der Waals surface area contributed by atoms with Crippen LogP contribution in [-0.4, -0.2) is 71.9 Å². The van der Waals surface area contributed by atoms with Crippen molar-refractivity contribution in [3.8, 4) is 0 Å². The van der Waals surface area contributed by atoms with Crippen LogP contribution in [0, 0.1) is 0 Å². The Bertz CT molecular complexity index is 294. The molecule has 18 heavy (non-hydrogen) atoms. The third kappa shape index (κ3) is 7.41. The summed E-state index contributed by atoms with van der Waals surface area (Å²) in [5.41, 5.74) is 0. The number of aliphatic hydroxyl groups excluding tert-OH is 5. The summed E-state index contributed by atoms with van der Waals surface area (Å²) in [5.74, 6) is -2.63. The van der Waals surface area contributed by atoms with Gasteiger partial charge in [0.15, 0.2) is 12.1 Å². The van der Waals surface area contributed by atoms with E-state index in [1.807, 2.05) is 0 Å². The van der Waals surface area contributed by atoms with Crippen molar-refractivity contribution in [3.63, 3.8) is 0 Å². The van der Waals surface area contributed by atoms with Gasteiger partial charge in [0.05, 0.1) is 0 Å². The first-order chi connectivity index (χ1) is 7.12. The van der Waals surface area contributed by atoms with Crippen LogP contribution < -0.4 is 59.1 Å². The second-order valence-corrected chi connectivity index (χ2v) is 4.81. The molecule has 9 nitrogen and oxygen atoms in total. The van der Waals surface area contributed by atoms with Gasteiger partial charge < -0.3 is 43.0 Å². The minimum atomic E-state index is -5.08. The SMILES string of the molecule is O=C[C@@H](O)[C@@H](O)[C@H](O)[C@H](O)C(O)P(=O)(O)O.[H-].[H-].[Na+].[Na+]. The molecule has 0 aliphatic heterocycles. The molecule has 0 aromatic carbocycles. The van der Waals surface area contributed by atoms with Gasteiger partial charge >= 0.3 is 66.7 Å². The van der Waals surface area contributed by atoms with Crippen LogP contribution in [0.5, 0.6) is 0 Å². The maximum atomic E-state index is 10.5. The molecular weight excluding hydrogens is 293 g/mol. The smallest absolute Gasteiger partial charge is 1.00 e. The summed E-state index contributed by atoms with van der Waals surface area (Å²) < 4.78 is 10.5. The second kappa shape index (κ2) is 10.4. The van der Waals surface area contributed by atoms with Gasteiger partial charge in [0, 0.05) is 0 Å². The Hall–Kier alpha value is 1.62. The molecule has 0 aromatic heterocycles. The molecule has 12 heteroatoms. The molecule has 0 saturated heterocycles. The fourth-order valence-corrected chi connectivity index (χ4v) is 1.43. The van der Waals surface area contributed by atoms with E-state index in [0.29, 0.717) is 0 Å². The summed E-state index contributed by atoms with van der Waals surface area (Å²) >= 11 is 0. The van der Waals surface area contributed by atoms with E-state index < -0.39 is 37.9 Å². The van der Waals surface area contributed by atoms with E-state index in [9.17, 15) is 9.36 Å². The summed E-state index contributed by atoms with van der Waals surface area (Å²) in [7, 11) is -5.08. The minimum Gasteiger partial charge on any atom is -1.00 e. The van der Waals surface area contributed by atoms with Gasteiger partial charge in [-0.3, -0.25) is 4.57 Å². The Balaban J connectivity index is -0.000000187. The largest absolute Gasteiger partial charge is 1.00 e. The Morgan fingerprint density at radius 1 is 0.889 bits per heavy atom. The van der Waals surface area contributed by atoms with Gasteiger partial charge in [-0.05, 0) is 0 Å². The van der Waals surface area contributed by atoms with Crippen molar-refractivity contribution in [2.24, 2.45) is 0 Å². The molecule has 0 rings (SSSR count). The molecule has 7 N–H and O–H groups in total. The number of carbonyl (C=O) groups is 1. The van der Waals surface area contributed by atoms with Crippen LogP contribution in [0.3, 0.4) is 0 Å². The standard InChI is InChI=1S/C6H13O9P.2Na.2H/c7-1-2(8)3(9)4(10)5(11)6(12)16(13,14)15;;;;/h1-6,8-12H,(H2,13,14,15);;;;/q;2*+1;2*-1/t2-,3-,4+,5+,6?;;;;/m1..../s1. The van der Waals surface area contributed by atoms with E-state index in [1.54, 1.807) is 0 Å². The van der Waals surface area contributed by atoms with Crippen molar-refractivity contribution in [3.05, 3.63) is 0 Å². The van der Waals surface area contributed by atoms with Crippen LogP contribution in [0.4, 0.5) is 0 Å². The summed E-state index contributed by atoms with van der Waals surface area (Å²) in [6, 6.07) is 0. The van der Waals surface area contributed by atoms with E-state index in [2.05, 4.69) is 0 Å². The molecule has 0 fully saturated rings. The van der Waals surface area contributed by atoms with Crippen molar-refractivity contribution < 1.29 is 107 Å². The topological polar surface area (TPSA) is 176 Å². The molecular formula is C6H15Na2O9P. The predicted molar refractivity (Wildman–Crippen MR) is 50.4 cm³/mol. The first-order valence-electron chi connectivity index (χ1n) is 4.03. The molecule has 5 atom stereocenters. The van der Waals surface area contributed by atoms with Gasteiger partial charge in [0.1, 0.15) is 24.4 Å². The second-order valence-electron chi connectivity index (χ2n) is 3.10. The molecule has 0 aliphatic carbocycles. The Morgan fingerprint density at radius 3 is 1.56 bits per heavy atom. The van der Waals surface area contributed by atoms with Gasteiger partial charge in [-0.25, -0.2) is 0 Å². The molecule has 0 spiro atoms. The van der Waals surface area contributed by atoms with E-state index in [-0.39, 0.29) is 68.3 Å². The predicted octanol–water partition coefficient (Wildman–Crippen LogP) is -9.64. The first-order valence-corrected chi connectivity index (χ1v) is 5.72. The number of rotatable bonds is 6. The van der Waals surface area contributed by atoms with E-state index >= 15 is 0 Å². The maximum Gasteiger partial charge on any atom is 1.00 e. The van der Waals surface area contributed by atoms with Crippen LogP contribution in [0.15, 0.2) is 0 Å². The normalized spacial score (nSPS) is 19.5. The molecule has 100 valence electrons. The Kier molecular flexibility index (Phi) is 14.2. The average molecular weight is 308 g/mol. The van der Waals surface area contributed by atoms with E-state index in [4.69, 9.17) is 35.3 Å². The van der Waals surface area contributed by atoms with Gasteiger partial charge in [-0.1, -0.05) is 0 Å². The molecule has 1 unspecified atom stereocenters. The molecule has 0 heterocycles. The Labute approximate surface area is 150 Å². The molecule has 0 amide bonds. The molecule has 0 saturated carbocycles. The van der Waals surface area contributed by atoms with Gasteiger partial charge in [-0.2, -0.15) is 0 Å². The van der Waals surface area contributed by atoms with Gasteiger partial charge in [0.25, 0.3) is 0 Å². The van der Waals surface area contributed by atoms with Gasteiger partial charge in [-0.15, -0.1) is 0 Å². The van der Waals surface area contributed by atoms with Crippen molar-refractivity contribution >= 4 is 13.9 Å². The summed E-state index contributed by atoms with van der Waals surface area (Å²) in [6.07, 6.45) is -9.07. The number of hydrogen-bond acceptors (Lipinski definition) is 7. The maximum absolute atomic E-state index is 10.5. The number of aliphatic hydroxyl groups is 5. The average Bonchev–Trinajstić information content (AvgIpc) is 2.22. The zero-order chi connectivity index (χ0) is 13.1. The number of aldehydes is 1. The van der Waals surface area contributed by atoms with Crippen molar-refractivity contribution in [1.29, 1.82) is 0 Å². The third-order valence-corrected chi connectivity index (χ3v) is 2.83. The van der Waals surface area contributed by atoms with Crippen LogP contribution in [0.2, 0.25) is 0 Å². The fraction of sp³-hybridized carbons (Fsp3) is 0.833. The third-order valence-electron chi connectivity index (χ3n) is 1.84. The zero-order valence-electron chi connectivity index (χ0n) is 11.9. The Morgan fingerprint density at radius 2 is 1.28 bits per heavy atom. The van der Waals surface area contributed by atoms with Crippen LogP contribution in [0.1, 0.15) is 2.85 Å². The fourth-order valence-electron chi connectivity index (χ4n) is 0.860. The zero-order valence-corrected chi connectivity index (χ0v) is 14.8. The quantitative estimate of drug-likeness (QED) is 0.143. The minimum absolute atomic E-state index is 0. The molecule has 0 radical (unpaired) electrons. The van der Waals surface area contributed by atoms with E-state index in [0.717, 1.165) is 0 Å². The molecule has 0 aliphatic rings. The first kappa shape index (κ1) is 24.6. The number of hydrogen-bond donors (Lipinski definition) is 7. The summed E-state index contributed by atoms with van der Waals surface area (Å²) in [5, 5.41) is 44.8. The number of carbonyl (C=O) groups excluding carboxylic acids is 1. The van der Waals surface area contributed by atoms with Crippen molar-refractivity contribution in [2.45, 2.75) is 30.3 Å². The molecule has 0 aromatic rings. The molecule has 0 bridgehead atoms. The van der Waals surface area contributed by atoms with Crippen molar-refractivity contribution in [2.75, 3.05) is 0 Å². The van der Waals surface area contributed by atoms with Crippen LogP contribution >= 0.6 is 7.60 Å². The van der Waals surface area contributed by atoms with Crippen LogP contribution in [-0.2, 0) is 9.36 Å². The summed E-state index contributed by atoms with van der Waals surface area (Å²) in [4.78, 5) is 26.9. The van der Waals surface area contributed by atoms with Gasteiger partial charge in [0.2, 0.25) is 0 Å². The van der Waals surface area contributed by atoms with Crippen LogP contribution in [0.25, 0.3) is 0 Å². The van der Waals surface area contributed by atoms with E-state index in [1.165, 1.54) is 0 Å².